The number of hydrogen-bond acceptors (Lipinski definition) is 12. The largest absolute Gasteiger partial charge is 0.497 e. The van der Waals surface area contributed by atoms with E-state index in [1.54, 1.807) is 48.4 Å². The number of amides is 4. The summed E-state index contributed by atoms with van der Waals surface area (Å²) < 4.78 is 11.9. The van der Waals surface area contributed by atoms with E-state index in [4.69, 9.17) is 26.9 Å². The molecule has 20 heteroatoms. The highest BCUT2D eigenvalue weighted by molar-refractivity contribution is 6.07. The van der Waals surface area contributed by atoms with Gasteiger partial charge in [0.15, 0.2) is 5.65 Å². The van der Waals surface area contributed by atoms with Crippen LogP contribution in [-0.4, -0.2) is 74.4 Å². The molecule has 0 aliphatic heterocycles. The van der Waals surface area contributed by atoms with Gasteiger partial charge < -0.3 is 31.8 Å². The van der Waals surface area contributed by atoms with Gasteiger partial charge >= 0.3 is 0 Å². The summed E-state index contributed by atoms with van der Waals surface area (Å²) in [7, 11) is 1.59. The molecule has 20 nitrogen and oxygen atoms in total. The van der Waals surface area contributed by atoms with Crippen LogP contribution in [0.2, 0.25) is 0 Å². The molecule has 0 atom stereocenters. The third-order valence-corrected chi connectivity index (χ3v) is 9.96. The number of benzene rings is 2. The van der Waals surface area contributed by atoms with Crippen molar-refractivity contribution >= 4 is 69.1 Å². The number of fused-ring (bicyclic) bond motifs is 2. The summed E-state index contributed by atoms with van der Waals surface area (Å²) in [4.78, 5) is 65.9. The number of nitrogens with two attached hydrogens (primary N) is 3. The number of carbonyl (C=O) groups is 4. The number of pyridine rings is 1. The fraction of sp³-hybridized carbons (Fsp3) is 0.244. The lowest BCUT2D eigenvalue weighted by atomic mass is 10.1. The average Bonchev–Trinajstić information content (AvgIpc) is 3.98. The Morgan fingerprint density at radius 2 is 1.43 bits per heavy atom. The van der Waals surface area contributed by atoms with Gasteiger partial charge in [0.25, 0.3) is 11.8 Å². The Hall–Kier alpha value is -8.03. The van der Waals surface area contributed by atoms with Crippen molar-refractivity contribution in [2.45, 2.75) is 60.4 Å². The molecule has 4 amide bonds. The lowest BCUT2D eigenvalue weighted by Crippen LogP contribution is -2.21. The van der Waals surface area contributed by atoms with Crippen molar-refractivity contribution in [1.29, 1.82) is 0 Å². The fourth-order valence-electron chi connectivity index (χ4n) is 6.94. The van der Waals surface area contributed by atoms with Gasteiger partial charge in [0.1, 0.15) is 22.7 Å². The van der Waals surface area contributed by atoms with Gasteiger partial charge in [-0.1, -0.05) is 12.2 Å². The van der Waals surface area contributed by atoms with Crippen LogP contribution in [0.1, 0.15) is 72.5 Å². The van der Waals surface area contributed by atoms with Crippen molar-refractivity contribution in [3.63, 3.8) is 0 Å². The number of nitrogens with zero attached hydrogens (tertiary/aromatic N) is 9. The number of allylic oxidation sites excluding steroid dienone is 2. The van der Waals surface area contributed by atoms with Gasteiger partial charge in [0, 0.05) is 50.2 Å². The highest BCUT2D eigenvalue weighted by atomic mass is 16.5. The number of primary amides is 2. The zero-order valence-corrected chi connectivity index (χ0v) is 34.2. The van der Waals surface area contributed by atoms with E-state index in [1.807, 2.05) is 54.8 Å². The van der Waals surface area contributed by atoms with Crippen LogP contribution in [0.15, 0.2) is 66.9 Å². The van der Waals surface area contributed by atoms with E-state index in [0.29, 0.717) is 63.7 Å². The number of ether oxygens (including phenoxy) is 1. The summed E-state index contributed by atoms with van der Waals surface area (Å²) in [5, 5.41) is 18.0. The molecule has 7 rings (SSSR count). The maximum atomic E-state index is 13.8. The molecule has 0 aliphatic carbocycles. The van der Waals surface area contributed by atoms with Crippen LogP contribution in [0.3, 0.4) is 0 Å². The molecule has 5 aromatic heterocycles. The molecule has 0 spiro atoms. The van der Waals surface area contributed by atoms with Gasteiger partial charge in [-0.2, -0.15) is 10.2 Å². The Bertz CT molecular complexity index is 2860. The van der Waals surface area contributed by atoms with Crippen molar-refractivity contribution in [3.05, 3.63) is 106 Å². The van der Waals surface area contributed by atoms with Gasteiger partial charge in [-0.15, -0.1) is 0 Å². The number of rotatable bonds is 16. The molecule has 0 fully saturated rings. The molecule has 0 saturated heterocycles. The molecule has 0 bridgehead atoms. The first kappa shape index (κ1) is 41.1. The first-order valence-electron chi connectivity index (χ1n) is 19.3. The third-order valence-electron chi connectivity index (χ3n) is 9.96. The zero-order valence-electron chi connectivity index (χ0n) is 34.2. The van der Waals surface area contributed by atoms with E-state index >= 15 is 0 Å². The van der Waals surface area contributed by atoms with Crippen LogP contribution in [0.25, 0.3) is 22.2 Å². The zero-order chi connectivity index (χ0) is 43.5. The normalized spacial score (nSPS) is 11.4. The Labute approximate surface area is 348 Å². The molecule has 9 N–H and O–H groups in total. The standard InChI is InChI=1S/C41H45N15O5/c1-6-55-31(16-22(3)51-55)38(59)49-40-47-29-18-24(35(43)57)17-25(20-45-27-10-12-28(61-5)13-11-27)33(29)53(40)14-8-9-15-54-37-30(19-26(21-46-37)36(44)58)48-41(54)50-39(60)34-32(42)23(4)52-56(34)7-2/h8-13,16-19,21,45H,6-7,14-15,20,42H2,1-5H3,(H2,43,57)(H2,44,58)(H,47,49,59)(H,48,50,60)/b9-8+. The van der Waals surface area contributed by atoms with Crippen molar-refractivity contribution in [1.82, 2.24) is 43.6 Å². The maximum absolute atomic E-state index is 13.8. The van der Waals surface area contributed by atoms with Crippen molar-refractivity contribution in [3.8, 4) is 5.75 Å². The summed E-state index contributed by atoms with van der Waals surface area (Å²) in [6, 6.07) is 13.9. The van der Waals surface area contributed by atoms with E-state index in [9.17, 15) is 19.2 Å². The van der Waals surface area contributed by atoms with E-state index in [2.05, 4.69) is 36.1 Å². The molecule has 0 unspecified atom stereocenters. The van der Waals surface area contributed by atoms with Gasteiger partial charge in [-0.05, 0) is 81.8 Å². The van der Waals surface area contributed by atoms with Crippen molar-refractivity contribution in [2.75, 3.05) is 28.8 Å². The van der Waals surface area contributed by atoms with E-state index in [0.717, 1.165) is 5.69 Å². The molecule has 0 aliphatic rings. The Balaban J connectivity index is 1.27. The number of nitrogens with one attached hydrogen (secondary N) is 3. The second-order valence-electron chi connectivity index (χ2n) is 14.0. The number of carbonyl (C=O) groups excluding carboxylic acids is 4. The molecule has 314 valence electrons. The van der Waals surface area contributed by atoms with Crippen LogP contribution in [0.4, 0.5) is 23.3 Å². The quantitative estimate of drug-likeness (QED) is 0.0755. The summed E-state index contributed by atoms with van der Waals surface area (Å²) in [6.45, 7) is 8.72. The number of hydrogen-bond donors (Lipinski definition) is 6. The highest BCUT2D eigenvalue weighted by Crippen LogP contribution is 2.28. The maximum Gasteiger partial charge on any atom is 0.278 e. The lowest BCUT2D eigenvalue weighted by molar-refractivity contribution is 0.0991. The Morgan fingerprint density at radius 1 is 0.787 bits per heavy atom. The molecule has 2 aromatic carbocycles. The minimum atomic E-state index is -0.684. The number of methoxy groups -OCH3 is 1. The molecular weight excluding hydrogens is 783 g/mol. The number of nitrogen functional groups attached to an aromatic ring is 1. The highest BCUT2D eigenvalue weighted by Gasteiger charge is 2.24. The van der Waals surface area contributed by atoms with Crippen molar-refractivity contribution in [2.24, 2.45) is 11.5 Å². The Kier molecular flexibility index (Phi) is 11.5. The number of aromatic nitrogens is 9. The van der Waals surface area contributed by atoms with E-state index in [1.165, 1.54) is 16.9 Å². The molecular formula is C41H45N15O5. The Morgan fingerprint density at radius 3 is 2.10 bits per heavy atom. The van der Waals surface area contributed by atoms with Gasteiger partial charge in [-0.3, -0.25) is 43.7 Å². The second-order valence-corrected chi connectivity index (χ2v) is 14.0. The summed E-state index contributed by atoms with van der Waals surface area (Å²) >= 11 is 0. The molecule has 61 heavy (non-hydrogen) atoms. The average molecular weight is 828 g/mol. The monoisotopic (exact) mass is 827 g/mol. The third kappa shape index (κ3) is 8.31. The first-order valence-corrected chi connectivity index (χ1v) is 19.3. The molecule has 7 aromatic rings. The van der Waals surface area contributed by atoms with E-state index in [-0.39, 0.29) is 54.0 Å². The second kappa shape index (κ2) is 17.1. The number of anilines is 4. The molecule has 0 radical (unpaired) electrons. The minimum absolute atomic E-state index is 0.134. The number of aryl methyl sites for hydroxylation is 4. The predicted molar refractivity (Wildman–Crippen MR) is 229 cm³/mol. The molecule has 0 saturated carbocycles. The van der Waals surface area contributed by atoms with Crippen molar-refractivity contribution < 1.29 is 23.9 Å². The van der Waals surface area contributed by atoms with Crippen LogP contribution < -0.4 is 37.9 Å². The van der Waals surface area contributed by atoms with Gasteiger partial charge in [-0.25, -0.2) is 15.0 Å². The first-order chi connectivity index (χ1) is 29.3. The van der Waals surface area contributed by atoms with Gasteiger partial charge in [0.05, 0.1) is 40.8 Å². The molecule has 5 heterocycles. The van der Waals surface area contributed by atoms with Crippen LogP contribution >= 0.6 is 0 Å². The van der Waals surface area contributed by atoms with Gasteiger partial charge in [0.2, 0.25) is 23.7 Å². The SMILES string of the molecule is CCn1nc(C)cc1C(=O)Nc1nc2cc(C(N)=O)cc(CNc3ccc(OC)cc3)c2n1C/C=C/Cn1c(NC(=O)c2c(N)c(C)nn2CC)nc2cc(C(N)=O)cnc21. The van der Waals surface area contributed by atoms with Crippen LogP contribution in [0.5, 0.6) is 5.75 Å². The fourth-order valence-corrected chi connectivity index (χ4v) is 6.94. The smallest absolute Gasteiger partial charge is 0.278 e. The summed E-state index contributed by atoms with van der Waals surface area (Å²) in [5.74, 6) is -1.25. The van der Waals surface area contributed by atoms with Crippen LogP contribution in [-0.2, 0) is 32.7 Å². The topological polar surface area (TPSA) is 276 Å². The van der Waals surface area contributed by atoms with Crippen LogP contribution in [0, 0.1) is 13.8 Å². The minimum Gasteiger partial charge on any atom is -0.497 e. The summed E-state index contributed by atoms with van der Waals surface area (Å²) in [5.41, 5.74) is 23.1. The summed E-state index contributed by atoms with van der Waals surface area (Å²) in [6.07, 6.45) is 5.02. The lowest BCUT2D eigenvalue weighted by Gasteiger charge is -2.13. The van der Waals surface area contributed by atoms with E-state index < -0.39 is 23.6 Å². The predicted octanol–water partition coefficient (Wildman–Crippen LogP) is 3.99. The number of imidazole rings is 2.